The van der Waals surface area contributed by atoms with Crippen LogP contribution in [0.3, 0.4) is 0 Å². The maximum absolute atomic E-state index is 13.4. The van der Waals surface area contributed by atoms with E-state index in [0.717, 1.165) is 89.4 Å². The van der Waals surface area contributed by atoms with Gasteiger partial charge in [0.2, 0.25) is 0 Å². The number of rotatable bonds is 7. The maximum Gasteiger partial charge on any atom is 0.303 e. The summed E-state index contributed by atoms with van der Waals surface area (Å²) in [6.45, 7) is 3.08. The summed E-state index contributed by atoms with van der Waals surface area (Å²) in [5.74, 6) is 1.22. The van der Waals surface area contributed by atoms with Crippen molar-refractivity contribution in [1.82, 2.24) is 23.8 Å². The van der Waals surface area contributed by atoms with Gasteiger partial charge in [-0.3, -0.25) is 9.59 Å². The monoisotopic (exact) mass is 659 g/mol. The largest absolute Gasteiger partial charge is 0.483 e. The van der Waals surface area contributed by atoms with Gasteiger partial charge in [0.05, 0.1) is 11.1 Å². The van der Waals surface area contributed by atoms with Gasteiger partial charge >= 0.3 is 10.2 Å². The number of likely N-dealkylation sites (tertiary alicyclic amines) is 1. The van der Waals surface area contributed by atoms with E-state index in [1.165, 1.54) is 51.0 Å². The number of ether oxygens (including phenoxy) is 1. The topological polar surface area (TPSA) is 113 Å². The zero-order valence-corrected chi connectivity index (χ0v) is 28.2. The van der Waals surface area contributed by atoms with Gasteiger partial charge in [-0.15, -0.1) is 0 Å². The van der Waals surface area contributed by atoms with Crippen molar-refractivity contribution >= 4 is 32.9 Å². The number of aromatic nitrogens is 1. The first kappa shape index (κ1) is 30.9. The molecular formula is C36H45N5O5S. The second-order valence-corrected chi connectivity index (χ2v) is 16.3. The van der Waals surface area contributed by atoms with E-state index >= 15 is 0 Å². The lowest BCUT2D eigenvalue weighted by molar-refractivity contribution is -0.132. The molecule has 10 nitrogen and oxygen atoms in total. The average Bonchev–Trinajstić information content (AvgIpc) is 3.45. The van der Waals surface area contributed by atoms with E-state index in [2.05, 4.69) is 45.0 Å². The quantitative estimate of drug-likeness (QED) is 0.460. The second kappa shape index (κ2) is 11.9. The van der Waals surface area contributed by atoms with Crippen LogP contribution < -0.4 is 14.8 Å². The molecule has 11 heteroatoms. The summed E-state index contributed by atoms with van der Waals surface area (Å²) in [7, 11) is -1.10. The molecule has 47 heavy (non-hydrogen) atoms. The van der Waals surface area contributed by atoms with Crippen molar-refractivity contribution in [2.45, 2.75) is 82.2 Å². The Morgan fingerprint density at radius 2 is 1.89 bits per heavy atom. The molecule has 3 unspecified atom stereocenters. The van der Waals surface area contributed by atoms with Crippen LogP contribution >= 0.6 is 0 Å². The third-order valence-electron chi connectivity index (χ3n) is 11.4. The van der Waals surface area contributed by atoms with E-state index in [9.17, 15) is 18.0 Å². The first-order chi connectivity index (χ1) is 22.7. The zero-order valence-electron chi connectivity index (χ0n) is 27.4. The van der Waals surface area contributed by atoms with Crippen molar-refractivity contribution in [2.24, 2.45) is 5.92 Å². The van der Waals surface area contributed by atoms with Crippen molar-refractivity contribution in [3.05, 3.63) is 63.9 Å². The van der Waals surface area contributed by atoms with Crippen LogP contribution in [0, 0.1) is 5.92 Å². The lowest BCUT2D eigenvalue weighted by atomic mass is 9.83. The van der Waals surface area contributed by atoms with Crippen LogP contribution in [0.4, 0.5) is 0 Å². The highest BCUT2D eigenvalue weighted by atomic mass is 32.2. The summed E-state index contributed by atoms with van der Waals surface area (Å²) in [6, 6.07) is 6.93. The van der Waals surface area contributed by atoms with Crippen LogP contribution in [0.5, 0.6) is 5.75 Å². The number of piperidine rings is 1. The minimum atomic E-state index is -3.92. The Labute approximate surface area is 277 Å². The molecule has 8 rings (SSSR count). The van der Waals surface area contributed by atoms with Gasteiger partial charge in [0.25, 0.3) is 11.8 Å². The molecule has 4 heterocycles. The Balaban J connectivity index is 1.16. The van der Waals surface area contributed by atoms with E-state index in [1.807, 2.05) is 4.90 Å². The average molecular weight is 660 g/mol. The van der Waals surface area contributed by atoms with Crippen LogP contribution in [0.2, 0.25) is 0 Å². The number of nitrogens with one attached hydrogen (secondary N) is 2. The van der Waals surface area contributed by atoms with Crippen LogP contribution in [0.25, 0.3) is 10.9 Å². The standard InChI is InChI=1S/C36H45N5O5S/c1-39(2)47(44,45)38-36(43)34-28-19-41-30(25-12-6-7-13-26(25)33(28)34)17-27-31(15-14-24(35(27)41)22-9-4-3-5-10-22)46-21-32(42)40-18-23-11-8-16-37-29(23)20-40/h7,13-15,17,22-23,25,29,37H,3-6,8-12,16,18-21H2,1-2H3,(H,38,43). The number of fused-ring (bicyclic) bond motifs is 7. The highest BCUT2D eigenvalue weighted by Gasteiger charge is 2.44. The Hall–Kier alpha value is -3.41. The normalized spacial score (nSPS) is 25.8. The van der Waals surface area contributed by atoms with E-state index in [0.29, 0.717) is 30.0 Å². The Kier molecular flexibility index (Phi) is 7.84. The summed E-state index contributed by atoms with van der Waals surface area (Å²) < 4.78 is 37.2. The molecule has 3 atom stereocenters. The number of hydrogen-bond acceptors (Lipinski definition) is 6. The van der Waals surface area contributed by atoms with E-state index in [-0.39, 0.29) is 18.4 Å². The molecule has 2 saturated heterocycles. The smallest absolute Gasteiger partial charge is 0.303 e. The highest BCUT2D eigenvalue weighted by molar-refractivity contribution is 7.87. The van der Waals surface area contributed by atoms with Crippen molar-refractivity contribution in [2.75, 3.05) is 40.3 Å². The third-order valence-corrected chi connectivity index (χ3v) is 12.8. The molecule has 1 saturated carbocycles. The highest BCUT2D eigenvalue weighted by Crippen LogP contribution is 2.53. The summed E-state index contributed by atoms with van der Waals surface area (Å²) in [5.41, 5.74) is 7.02. The maximum atomic E-state index is 13.4. The molecule has 0 spiro atoms. The number of allylic oxidation sites excluding steroid dienone is 4. The lowest BCUT2D eigenvalue weighted by Gasteiger charge is -2.25. The van der Waals surface area contributed by atoms with Crippen molar-refractivity contribution < 1.29 is 22.7 Å². The van der Waals surface area contributed by atoms with Gasteiger partial charge in [0, 0.05) is 56.8 Å². The van der Waals surface area contributed by atoms with Crippen molar-refractivity contribution in [3.63, 3.8) is 0 Å². The molecule has 3 aliphatic heterocycles. The van der Waals surface area contributed by atoms with Crippen LogP contribution in [0.1, 0.15) is 80.9 Å². The molecule has 3 fully saturated rings. The van der Waals surface area contributed by atoms with Gasteiger partial charge in [-0.05, 0) is 91.3 Å². The molecule has 3 aliphatic carbocycles. The molecule has 2 aromatic rings. The van der Waals surface area contributed by atoms with Crippen molar-refractivity contribution in [3.8, 4) is 5.75 Å². The molecule has 1 aromatic carbocycles. The predicted molar refractivity (Wildman–Crippen MR) is 180 cm³/mol. The Bertz CT molecular complexity index is 1830. The van der Waals surface area contributed by atoms with Crippen molar-refractivity contribution in [1.29, 1.82) is 0 Å². The molecule has 2 amide bonds. The van der Waals surface area contributed by atoms with E-state index in [4.69, 9.17) is 4.74 Å². The van der Waals surface area contributed by atoms with Gasteiger partial charge in [-0.1, -0.05) is 37.5 Å². The molecule has 2 N–H and O–H groups in total. The Morgan fingerprint density at radius 3 is 2.68 bits per heavy atom. The summed E-state index contributed by atoms with van der Waals surface area (Å²) in [6.07, 6.45) is 14.4. The van der Waals surface area contributed by atoms with E-state index < -0.39 is 16.1 Å². The number of carbonyl (C=O) groups excluding carboxylic acids is 2. The SMILES string of the molecule is CN(C)S(=O)(=O)NC(=O)C1=C2Cn3c(cc4c(OCC(=O)N5CC6CCCNC6C5)ccc(C5CCCCC5)c43)C3CCC=CC3=C21. The molecular weight excluding hydrogens is 614 g/mol. The number of nitrogens with zero attached hydrogens (tertiary/aromatic N) is 3. The number of hydrogen-bond donors (Lipinski definition) is 2. The molecule has 0 bridgehead atoms. The predicted octanol–water partition coefficient (Wildman–Crippen LogP) is 4.25. The summed E-state index contributed by atoms with van der Waals surface area (Å²) >= 11 is 0. The number of benzene rings is 1. The first-order valence-corrected chi connectivity index (χ1v) is 18.8. The fourth-order valence-electron chi connectivity index (χ4n) is 8.89. The van der Waals surface area contributed by atoms with Gasteiger partial charge in [0.1, 0.15) is 5.75 Å². The Morgan fingerprint density at radius 1 is 1.06 bits per heavy atom. The molecule has 0 radical (unpaired) electrons. The number of amides is 2. The fourth-order valence-corrected chi connectivity index (χ4v) is 9.41. The fraction of sp³-hybridized carbons (Fsp3) is 0.556. The first-order valence-electron chi connectivity index (χ1n) is 17.4. The summed E-state index contributed by atoms with van der Waals surface area (Å²) in [5, 5.41) is 4.60. The van der Waals surface area contributed by atoms with Crippen LogP contribution in [0.15, 0.2) is 52.6 Å². The second-order valence-electron chi connectivity index (χ2n) is 14.4. The van der Waals surface area contributed by atoms with Crippen LogP contribution in [-0.4, -0.2) is 80.4 Å². The van der Waals surface area contributed by atoms with E-state index in [1.54, 1.807) is 0 Å². The summed E-state index contributed by atoms with van der Waals surface area (Å²) in [4.78, 5) is 28.8. The molecule has 250 valence electrons. The zero-order chi connectivity index (χ0) is 32.4. The lowest BCUT2D eigenvalue weighted by Crippen LogP contribution is -2.41. The molecule has 1 aromatic heterocycles. The minimum absolute atomic E-state index is 0.00904. The van der Waals surface area contributed by atoms with Gasteiger partial charge in [-0.2, -0.15) is 12.7 Å². The van der Waals surface area contributed by atoms with Gasteiger partial charge in [-0.25, -0.2) is 4.72 Å². The van der Waals surface area contributed by atoms with Gasteiger partial charge in [0.15, 0.2) is 6.61 Å². The van der Waals surface area contributed by atoms with Gasteiger partial charge < -0.3 is 19.5 Å². The number of carbonyl (C=O) groups is 2. The van der Waals surface area contributed by atoms with Crippen LogP contribution in [-0.2, 0) is 26.3 Å². The molecule has 6 aliphatic rings. The third kappa shape index (κ3) is 5.44. The minimum Gasteiger partial charge on any atom is -0.483 e.